The van der Waals surface area contributed by atoms with Gasteiger partial charge < -0.3 is 5.32 Å². The SMILES string of the molecule is Cc1ccnc(-n2nc(C)c(CCCNC(C)C)c2C)c1. The molecule has 0 saturated heterocycles. The Hall–Kier alpha value is -1.68. The number of hydrogen-bond acceptors (Lipinski definition) is 3. The van der Waals surface area contributed by atoms with Crippen LogP contribution in [0.1, 0.15) is 42.8 Å². The van der Waals surface area contributed by atoms with Crippen molar-refractivity contribution in [2.24, 2.45) is 0 Å². The van der Waals surface area contributed by atoms with Crippen LogP contribution in [0.5, 0.6) is 0 Å². The summed E-state index contributed by atoms with van der Waals surface area (Å²) >= 11 is 0. The summed E-state index contributed by atoms with van der Waals surface area (Å²) in [6.45, 7) is 11.7. The minimum absolute atomic E-state index is 0.548. The lowest BCUT2D eigenvalue weighted by molar-refractivity contribution is 0.570. The molecule has 0 bridgehead atoms. The molecule has 4 nitrogen and oxygen atoms in total. The van der Waals surface area contributed by atoms with Gasteiger partial charge in [-0.3, -0.25) is 0 Å². The first-order valence-electron chi connectivity index (χ1n) is 7.70. The van der Waals surface area contributed by atoms with Gasteiger partial charge in [-0.05, 0) is 63.4 Å². The molecule has 0 amide bonds. The van der Waals surface area contributed by atoms with Crippen molar-refractivity contribution < 1.29 is 0 Å². The molecule has 0 fully saturated rings. The smallest absolute Gasteiger partial charge is 0.153 e. The predicted molar refractivity (Wildman–Crippen MR) is 87.0 cm³/mol. The summed E-state index contributed by atoms with van der Waals surface area (Å²) in [4.78, 5) is 4.43. The maximum absolute atomic E-state index is 4.67. The molecule has 2 rings (SSSR count). The number of aryl methyl sites for hydroxylation is 2. The molecule has 4 heteroatoms. The molecule has 0 aromatic carbocycles. The molecule has 0 aliphatic heterocycles. The van der Waals surface area contributed by atoms with Crippen LogP contribution in [0.3, 0.4) is 0 Å². The fourth-order valence-electron chi connectivity index (χ4n) is 2.55. The average Bonchev–Trinajstić information content (AvgIpc) is 2.70. The van der Waals surface area contributed by atoms with Crippen LogP contribution in [0.4, 0.5) is 0 Å². The standard InChI is InChI=1S/C17H26N4/c1-12(2)18-9-6-7-16-14(4)20-21(15(16)5)17-11-13(3)8-10-19-17/h8,10-12,18H,6-7,9H2,1-5H3. The van der Waals surface area contributed by atoms with Crippen LogP contribution in [0.25, 0.3) is 5.82 Å². The maximum Gasteiger partial charge on any atom is 0.153 e. The highest BCUT2D eigenvalue weighted by molar-refractivity contribution is 5.34. The van der Waals surface area contributed by atoms with Gasteiger partial charge in [0.2, 0.25) is 0 Å². The normalized spacial score (nSPS) is 11.3. The van der Waals surface area contributed by atoms with E-state index in [0.29, 0.717) is 6.04 Å². The second-order valence-electron chi connectivity index (χ2n) is 5.96. The Balaban J connectivity index is 2.14. The van der Waals surface area contributed by atoms with E-state index < -0.39 is 0 Å². The quantitative estimate of drug-likeness (QED) is 0.830. The topological polar surface area (TPSA) is 42.7 Å². The molecule has 0 saturated carbocycles. The third-order valence-corrected chi connectivity index (χ3v) is 3.72. The van der Waals surface area contributed by atoms with Crippen molar-refractivity contribution in [3.8, 4) is 5.82 Å². The van der Waals surface area contributed by atoms with Crippen LogP contribution < -0.4 is 5.32 Å². The van der Waals surface area contributed by atoms with Crippen molar-refractivity contribution in [3.05, 3.63) is 40.8 Å². The lowest BCUT2D eigenvalue weighted by atomic mass is 10.1. The van der Waals surface area contributed by atoms with Crippen LogP contribution in [0, 0.1) is 20.8 Å². The van der Waals surface area contributed by atoms with Crippen molar-refractivity contribution in [1.29, 1.82) is 0 Å². The molecule has 2 heterocycles. The van der Waals surface area contributed by atoms with Crippen LogP contribution in [-0.4, -0.2) is 27.4 Å². The molecule has 0 atom stereocenters. The molecule has 1 N–H and O–H groups in total. The summed E-state index contributed by atoms with van der Waals surface area (Å²) in [6.07, 6.45) is 4.03. The van der Waals surface area contributed by atoms with Gasteiger partial charge in [-0.15, -0.1) is 0 Å². The number of hydrogen-bond donors (Lipinski definition) is 1. The Morgan fingerprint density at radius 1 is 1.24 bits per heavy atom. The van der Waals surface area contributed by atoms with Crippen LogP contribution in [0.2, 0.25) is 0 Å². The summed E-state index contributed by atoms with van der Waals surface area (Å²) < 4.78 is 1.97. The van der Waals surface area contributed by atoms with E-state index in [1.54, 1.807) is 0 Å². The Morgan fingerprint density at radius 3 is 2.67 bits per heavy atom. The van der Waals surface area contributed by atoms with Crippen LogP contribution in [0.15, 0.2) is 18.3 Å². The number of nitrogens with one attached hydrogen (secondary N) is 1. The summed E-state index contributed by atoms with van der Waals surface area (Å²) in [5.74, 6) is 0.905. The monoisotopic (exact) mass is 286 g/mol. The summed E-state index contributed by atoms with van der Waals surface area (Å²) in [5, 5.41) is 8.13. The highest BCUT2D eigenvalue weighted by atomic mass is 15.3. The first kappa shape index (κ1) is 15.7. The maximum atomic E-state index is 4.67. The lowest BCUT2D eigenvalue weighted by Gasteiger charge is -2.08. The fourth-order valence-corrected chi connectivity index (χ4v) is 2.55. The van der Waals surface area contributed by atoms with Gasteiger partial charge >= 0.3 is 0 Å². The highest BCUT2D eigenvalue weighted by Gasteiger charge is 2.13. The highest BCUT2D eigenvalue weighted by Crippen LogP contribution is 2.18. The largest absolute Gasteiger partial charge is 0.315 e. The average molecular weight is 286 g/mol. The first-order chi connectivity index (χ1) is 9.99. The molecule has 0 unspecified atom stereocenters. The van der Waals surface area contributed by atoms with Crippen LogP contribution >= 0.6 is 0 Å². The minimum atomic E-state index is 0.548. The molecule has 0 spiro atoms. The van der Waals surface area contributed by atoms with E-state index in [2.05, 4.69) is 56.1 Å². The van der Waals surface area contributed by atoms with Gasteiger partial charge in [0.1, 0.15) is 0 Å². The molecule has 0 radical (unpaired) electrons. The van der Waals surface area contributed by atoms with Gasteiger partial charge in [-0.25, -0.2) is 9.67 Å². The molecule has 2 aromatic heterocycles. The fraction of sp³-hybridized carbons (Fsp3) is 0.529. The van der Waals surface area contributed by atoms with E-state index in [1.807, 2.05) is 16.9 Å². The predicted octanol–water partition coefficient (Wildman–Crippen LogP) is 3.12. The van der Waals surface area contributed by atoms with Gasteiger partial charge in [0, 0.05) is 17.9 Å². The van der Waals surface area contributed by atoms with Crippen molar-refractivity contribution in [1.82, 2.24) is 20.1 Å². The van der Waals surface area contributed by atoms with Gasteiger partial charge in [0.05, 0.1) is 5.69 Å². The third kappa shape index (κ3) is 3.91. The Kier molecular flexibility index (Phi) is 5.12. The van der Waals surface area contributed by atoms with Gasteiger partial charge in [0.15, 0.2) is 5.82 Å². The van der Waals surface area contributed by atoms with Gasteiger partial charge in [0.25, 0.3) is 0 Å². The number of pyridine rings is 1. The molecule has 21 heavy (non-hydrogen) atoms. The summed E-state index contributed by atoms with van der Waals surface area (Å²) in [7, 11) is 0. The van der Waals surface area contributed by atoms with Crippen molar-refractivity contribution in [3.63, 3.8) is 0 Å². The van der Waals surface area contributed by atoms with E-state index in [4.69, 9.17) is 0 Å². The third-order valence-electron chi connectivity index (χ3n) is 3.72. The zero-order valence-electron chi connectivity index (χ0n) is 13.8. The summed E-state index contributed by atoms with van der Waals surface area (Å²) in [6, 6.07) is 4.63. The molecular formula is C17H26N4. The van der Waals surface area contributed by atoms with E-state index >= 15 is 0 Å². The van der Waals surface area contributed by atoms with E-state index in [1.165, 1.54) is 16.8 Å². The van der Waals surface area contributed by atoms with Crippen molar-refractivity contribution in [2.45, 2.75) is 53.5 Å². The van der Waals surface area contributed by atoms with Crippen molar-refractivity contribution in [2.75, 3.05) is 6.54 Å². The van der Waals surface area contributed by atoms with Gasteiger partial charge in [-0.2, -0.15) is 5.10 Å². The zero-order chi connectivity index (χ0) is 15.4. The van der Waals surface area contributed by atoms with Crippen LogP contribution in [-0.2, 0) is 6.42 Å². The molecule has 0 aliphatic carbocycles. The van der Waals surface area contributed by atoms with Crippen molar-refractivity contribution >= 4 is 0 Å². The second kappa shape index (κ2) is 6.85. The summed E-state index contributed by atoms with van der Waals surface area (Å²) in [5.41, 5.74) is 4.87. The van der Waals surface area contributed by atoms with E-state index in [-0.39, 0.29) is 0 Å². The molecular weight excluding hydrogens is 260 g/mol. The minimum Gasteiger partial charge on any atom is -0.315 e. The van der Waals surface area contributed by atoms with Gasteiger partial charge in [-0.1, -0.05) is 13.8 Å². The first-order valence-corrected chi connectivity index (χ1v) is 7.70. The van der Waals surface area contributed by atoms with E-state index in [0.717, 1.165) is 30.9 Å². The Bertz CT molecular complexity index is 599. The second-order valence-corrected chi connectivity index (χ2v) is 5.96. The number of aromatic nitrogens is 3. The lowest BCUT2D eigenvalue weighted by Crippen LogP contribution is -2.24. The zero-order valence-corrected chi connectivity index (χ0v) is 13.8. The Labute approximate surface area is 127 Å². The molecule has 114 valence electrons. The number of nitrogens with zero attached hydrogens (tertiary/aromatic N) is 3. The van der Waals surface area contributed by atoms with E-state index in [9.17, 15) is 0 Å². The number of rotatable bonds is 6. The molecule has 0 aliphatic rings. The Morgan fingerprint density at radius 2 is 2.00 bits per heavy atom. The molecule has 2 aromatic rings.